The maximum atomic E-state index is 13.1. The number of para-hydroxylation sites is 1. The zero-order valence-electron chi connectivity index (χ0n) is 11.0. The van der Waals surface area contributed by atoms with Crippen LogP contribution in [0.3, 0.4) is 0 Å². The SMILES string of the molecule is Cc1cc(C(N)=O)c(C)n1-c1ccccc1C(F)(F)F. The monoisotopic (exact) mass is 282 g/mol. The molecule has 2 rings (SSSR count). The van der Waals surface area contributed by atoms with Gasteiger partial charge in [-0.3, -0.25) is 4.79 Å². The minimum Gasteiger partial charge on any atom is -0.366 e. The van der Waals surface area contributed by atoms with Crippen molar-refractivity contribution in [3.8, 4) is 5.69 Å². The van der Waals surface area contributed by atoms with E-state index in [2.05, 4.69) is 0 Å². The number of primary amides is 1. The van der Waals surface area contributed by atoms with Gasteiger partial charge in [0, 0.05) is 11.4 Å². The summed E-state index contributed by atoms with van der Waals surface area (Å²) in [4.78, 5) is 11.3. The summed E-state index contributed by atoms with van der Waals surface area (Å²) >= 11 is 0. The third kappa shape index (κ3) is 2.29. The molecule has 1 aromatic carbocycles. The van der Waals surface area contributed by atoms with Gasteiger partial charge in [0.05, 0.1) is 16.8 Å². The lowest BCUT2D eigenvalue weighted by Crippen LogP contribution is -2.14. The lowest BCUT2D eigenvalue weighted by molar-refractivity contribution is -0.137. The number of hydrogen-bond donors (Lipinski definition) is 1. The van der Waals surface area contributed by atoms with Crippen LogP contribution < -0.4 is 5.73 Å². The number of hydrogen-bond acceptors (Lipinski definition) is 1. The van der Waals surface area contributed by atoms with Crippen LogP contribution in [-0.4, -0.2) is 10.5 Å². The fraction of sp³-hybridized carbons (Fsp3) is 0.214. The van der Waals surface area contributed by atoms with Crippen molar-refractivity contribution < 1.29 is 18.0 Å². The molecule has 1 aromatic heterocycles. The summed E-state index contributed by atoms with van der Waals surface area (Å²) in [5.41, 5.74) is 5.60. The van der Waals surface area contributed by atoms with Gasteiger partial charge in [0.15, 0.2) is 0 Å². The Morgan fingerprint density at radius 1 is 1.20 bits per heavy atom. The number of nitrogens with two attached hydrogens (primary N) is 1. The molecule has 2 aromatic rings. The average molecular weight is 282 g/mol. The first kappa shape index (κ1) is 14.2. The van der Waals surface area contributed by atoms with Crippen molar-refractivity contribution in [2.45, 2.75) is 20.0 Å². The Morgan fingerprint density at radius 3 is 2.30 bits per heavy atom. The van der Waals surface area contributed by atoms with Gasteiger partial charge < -0.3 is 10.3 Å². The first-order valence-corrected chi connectivity index (χ1v) is 5.89. The Labute approximate surface area is 113 Å². The molecule has 1 amide bonds. The molecule has 0 atom stereocenters. The molecule has 0 fully saturated rings. The van der Waals surface area contributed by atoms with Crippen LogP contribution in [0.5, 0.6) is 0 Å². The van der Waals surface area contributed by atoms with Crippen molar-refractivity contribution in [2.75, 3.05) is 0 Å². The molecule has 6 heteroatoms. The van der Waals surface area contributed by atoms with E-state index in [0.717, 1.165) is 6.07 Å². The van der Waals surface area contributed by atoms with Gasteiger partial charge in [-0.25, -0.2) is 0 Å². The number of carbonyl (C=O) groups excluding carboxylic acids is 1. The maximum absolute atomic E-state index is 13.1. The second kappa shape index (κ2) is 4.70. The molecule has 1 heterocycles. The van der Waals surface area contributed by atoms with Crippen molar-refractivity contribution in [1.29, 1.82) is 0 Å². The zero-order valence-corrected chi connectivity index (χ0v) is 11.0. The van der Waals surface area contributed by atoms with Gasteiger partial charge in [-0.1, -0.05) is 12.1 Å². The largest absolute Gasteiger partial charge is 0.418 e. The highest BCUT2D eigenvalue weighted by Crippen LogP contribution is 2.35. The molecule has 20 heavy (non-hydrogen) atoms. The van der Waals surface area contributed by atoms with Crippen LogP contribution in [0.2, 0.25) is 0 Å². The van der Waals surface area contributed by atoms with Crippen LogP contribution in [0.25, 0.3) is 5.69 Å². The van der Waals surface area contributed by atoms with Gasteiger partial charge in [0.25, 0.3) is 5.91 Å². The average Bonchev–Trinajstić information content (AvgIpc) is 2.64. The maximum Gasteiger partial charge on any atom is 0.418 e. The Hall–Kier alpha value is -2.24. The summed E-state index contributed by atoms with van der Waals surface area (Å²) in [7, 11) is 0. The number of aryl methyl sites for hydroxylation is 1. The van der Waals surface area contributed by atoms with Crippen molar-refractivity contribution >= 4 is 5.91 Å². The van der Waals surface area contributed by atoms with Crippen molar-refractivity contribution in [3.05, 3.63) is 52.8 Å². The topological polar surface area (TPSA) is 48.0 Å². The zero-order chi connectivity index (χ0) is 15.1. The molecular weight excluding hydrogens is 269 g/mol. The number of nitrogens with zero attached hydrogens (tertiary/aromatic N) is 1. The minimum absolute atomic E-state index is 0.0116. The highest BCUT2D eigenvalue weighted by atomic mass is 19.4. The Morgan fingerprint density at radius 2 is 1.80 bits per heavy atom. The van der Waals surface area contributed by atoms with Crippen LogP contribution in [0.1, 0.15) is 27.3 Å². The van der Waals surface area contributed by atoms with Crippen LogP contribution in [0, 0.1) is 13.8 Å². The van der Waals surface area contributed by atoms with E-state index in [1.165, 1.54) is 28.8 Å². The smallest absolute Gasteiger partial charge is 0.366 e. The summed E-state index contributed by atoms with van der Waals surface area (Å²) in [6, 6.07) is 6.72. The molecule has 0 saturated carbocycles. The van der Waals surface area contributed by atoms with Crippen LogP contribution in [0.4, 0.5) is 13.2 Å². The molecule has 0 spiro atoms. The molecular formula is C14H13F3N2O. The number of amides is 1. The van der Waals surface area contributed by atoms with E-state index < -0.39 is 17.6 Å². The first-order valence-electron chi connectivity index (χ1n) is 5.89. The van der Waals surface area contributed by atoms with Gasteiger partial charge in [-0.15, -0.1) is 0 Å². The summed E-state index contributed by atoms with van der Waals surface area (Å²) in [6.45, 7) is 3.20. The number of rotatable bonds is 2. The van der Waals surface area contributed by atoms with Gasteiger partial charge in [0.1, 0.15) is 0 Å². The summed E-state index contributed by atoms with van der Waals surface area (Å²) in [5.74, 6) is -0.658. The summed E-state index contributed by atoms with van der Waals surface area (Å²) in [6.07, 6.45) is -4.47. The highest BCUT2D eigenvalue weighted by Gasteiger charge is 2.34. The Balaban J connectivity index is 2.73. The van der Waals surface area contributed by atoms with Gasteiger partial charge in [0.2, 0.25) is 0 Å². The van der Waals surface area contributed by atoms with E-state index in [1.54, 1.807) is 13.8 Å². The molecule has 0 unspecified atom stereocenters. The summed E-state index contributed by atoms with van der Waals surface area (Å²) < 4.78 is 40.6. The Kier molecular flexibility index (Phi) is 3.33. The predicted octanol–water partition coefficient (Wildman–Crippen LogP) is 3.21. The number of carbonyl (C=O) groups is 1. The fourth-order valence-corrected chi connectivity index (χ4v) is 2.29. The molecule has 2 N–H and O–H groups in total. The molecule has 0 aliphatic carbocycles. The van der Waals surface area contributed by atoms with E-state index in [4.69, 9.17) is 5.73 Å². The molecule has 106 valence electrons. The molecule has 0 bridgehead atoms. The van der Waals surface area contributed by atoms with E-state index in [9.17, 15) is 18.0 Å². The third-order valence-electron chi connectivity index (χ3n) is 3.15. The fourth-order valence-electron chi connectivity index (χ4n) is 2.29. The molecule has 0 saturated heterocycles. The lowest BCUT2D eigenvalue weighted by Gasteiger charge is -2.16. The molecule has 0 aliphatic heterocycles. The summed E-state index contributed by atoms with van der Waals surface area (Å²) in [5, 5.41) is 0. The minimum atomic E-state index is -4.47. The number of aromatic nitrogens is 1. The normalized spacial score (nSPS) is 11.7. The van der Waals surface area contributed by atoms with Crippen molar-refractivity contribution in [2.24, 2.45) is 5.73 Å². The van der Waals surface area contributed by atoms with Gasteiger partial charge in [-0.05, 0) is 32.0 Å². The second-order valence-electron chi connectivity index (χ2n) is 4.50. The van der Waals surface area contributed by atoms with E-state index in [-0.39, 0.29) is 11.3 Å². The second-order valence-corrected chi connectivity index (χ2v) is 4.50. The molecule has 3 nitrogen and oxygen atoms in total. The van der Waals surface area contributed by atoms with Gasteiger partial charge >= 0.3 is 6.18 Å². The van der Waals surface area contributed by atoms with Crippen LogP contribution in [-0.2, 0) is 6.18 Å². The molecule has 0 aliphatic rings. The van der Waals surface area contributed by atoms with E-state index in [1.807, 2.05) is 0 Å². The predicted molar refractivity (Wildman–Crippen MR) is 68.8 cm³/mol. The standard InChI is InChI=1S/C14H13F3N2O/c1-8-7-10(13(18)20)9(2)19(8)12-6-4-3-5-11(12)14(15,16)17/h3-7H,1-2H3,(H2,18,20). The van der Waals surface area contributed by atoms with Crippen molar-refractivity contribution in [3.63, 3.8) is 0 Å². The van der Waals surface area contributed by atoms with Gasteiger partial charge in [-0.2, -0.15) is 13.2 Å². The van der Waals surface area contributed by atoms with Crippen LogP contribution >= 0.6 is 0 Å². The lowest BCUT2D eigenvalue weighted by atomic mass is 10.1. The Bertz CT molecular complexity index is 672. The number of benzene rings is 1. The molecule has 0 radical (unpaired) electrons. The number of halogens is 3. The quantitative estimate of drug-likeness (QED) is 0.903. The van der Waals surface area contributed by atoms with E-state index in [0.29, 0.717) is 11.4 Å². The van der Waals surface area contributed by atoms with E-state index >= 15 is 0 Å². The highest BCUT2D eigenvalue weighted by molar-refractivity contribution is 5.94. The van der Waals surface area contributed by atoms with Crippen molar-refractivity contribution in [1.82, 2.24) is 4.57 Å². The van der Waals surface area contributed by atoms with Crippen LogP contribution in [0.15, 0.2) is 30.3 Å². The number of alkyl halides is 3. The first-order chi connectivity index (χ1) is 9.23. The third-order valence-corrected chi connectivity index (χ3v) is 3.15.